The van der Waals surface area contributed by atoms with Gasteiger partial charge in [-0.25, -0.2) is 0 Å². The lowest BCUT2D eigenvalue weighted by Gasteiger charge is -2.61. The third kappa shape index (κ3) is 3.93. The Morgan fingerprint density at radius 1 is 0.346 bits per heavy atom. The number of benzene rings is 8. The molecule has 0 heteroatoms. The predicted molar refractivity (Wildman–Crippen MR) is 219 cm³/mol. The van der Waals surface area contributed by atoms with Crippen molar-refractivity contribution < 1.29 is 0 Å². The van der Waals surface area contributed by atoms with E-state index in [-0.39, 0.29) is 5.41 Å². The van der Waals surface area contributed by atoms with Crippen LogP contribution >= 0.6 is 0 Å². The Labute approximate surface area is 305 Å². The lowest BCUT2D eigenvalue weighted by Crippen LogP contribution is -2.55. The van der Waals surface area contributed by atoms with Gasteiger partial charge in [-0.15, -0.1) is 0 Å². The average Bonchev–Trinajstić information content (AvgIpc) is 3.48. The van der Waals surface area contributed by atoms with Gasteiger partial charge in [0, 0.05) is 5.41 Å². The first-order valence-corrected chi connectivity index (χ1v) is 19.5. The number of fused-ring (bicyclic) bond motifs is 6. The standard InChI is InChI=1S/C52H40/c1-2-10-37-30-38(22-19-34(37)9-1)35-17-20-36(21-18-35)50-44-12-3-5-14-46(44)51(47-15-6-4-13-45(47)50)39-23-24-43-42-11-7-8-16-48(42)52(49(43)31-39)40-26-32-25-33(28-40)29-41(52)27-32/h1-24,30-33,40-41H,25-29H2. The van der Waals surface area contributed by atoms with E-state index in [2.05, 4.69) is 158 Å². The molecular formula is C52H40. The van der Waals surface area contributed by atoms with E-state index in [9.17, 15) is 0 Å². The van der Waals surface area contributed by atoms with Crippen molar-refractivity contribution in [2.45, 2.75) is 37.5 Å². The highest BCUT2D eigenvalue weighted by Crippen LogP contribution is 2.69. The molecule has 0 aromatic heterocycles. The molecule has 52 heavy (non-hydrogen) atoms. The second-order valence-corrected chi connectivity index (χ2v) is 16.5. The maximum atomic E-state index is 2.67. The molecule has 8 aromatic rings. The first-order chi connectivity index (χ1) is 25.7. The largest absolute Gasteiger partial charge is 0.0619 e. The third-order valence-electron chi connectivity index (χ3n) is 14.0. The summed E-state index contributed by atoms with van der Waals surface area (Å²) in [5, 5.41) is 7.88. The highest BCUT2D eigenvalue weighted by molar-refractivity contribution is 6.21. The SMILES string of the molecule is c1ccc2c(c1)-c1ccc(-c3c4ccccc4c(-c4ccc(-c5ccc6ccccc6c5)cc4)c4ccccc34)cc1C21C2CC3CC(C2)CC1C3. The molecule has 0 amide bonds. The van der Waals surface area contributed by atoms with E-state index in [1.807, 2.05) is 0 Å². The molecule has 0 saturated heterocycles. The van der Waals surface area contributed by atoms with E-state index >= 15 is 0 Å². The Morgan fingerprint density at radius 3 is 1.52 bits per heavy atom. The number of hydrogen-bond donors (Lipinski definition) is 0. The van der Waals surface area contributed by atoms with Gasteiger partial charge in [-0.05, 0) is 156 Å². The average molecular weight is 665 g/mol. The summed E-state index contributed by atoms with van der Waals surface area (Å²) in [7, 11) is 0. The molecule has 4 bridgehead atoms. The summed E-state index contributed by atoms with van der Waals surface area (Å²) in [6.07, 6.45) is 7.11. The minimum atomic E-state index is 0.160. The van der Waals surface area contributed by atoms with Crippen molar-refractivity contribution in [3.63, 3.8) is 0 Å². The van der Waals surface area contributed by atoms with Gasteiger partial charge in [-0.3, -0.25) is 0 Å². The first-order valence-electron chi connectivity index (χ1n) is 19.5. The first kappa shape index (κ1) is 29.2. The molecule has 0 unspecified atom stereocenters. The van der Waals surface area contributed by atoms with Crippen LogP contribution in [0.25, 0.3) is 76.8 Å². The molecule has 4 fully saturated rings. The third-order valence-corrected chi connectivity index (χ3v) is 14.0. The van der Waals surface area contributed by atoms with Crippen LogP contribution in [0.2, 0.25) is 0 Å². The van der Waals surface area contributed by atoms with E-state index in [0.29, 0.717) is 0 Å². The van der Waals surface area contributed by atoms with Crippen LogP contribution in [0.5, 0.6) is 0 Å². The summed E-state index contributed by atoms with van der Waals surface area (Å²) >= 11 is 0. The van der Waals surface area contributed by atoms with Gasteiger partial charge in [0.25, 0.3) is 0 Å². The Morgan fingerprint density at radius 2 is 0.846 bits per heavy atom. The van der Waals surface area contributed by atoms with Crippen LogP contribution in [-0.4, -0.2) is 0 Å². The molecule has 5 aliphatic rings. The van der Waals surface area contributed by atoms with Crippen LogP contribution in [0.1, 0.15) is 43.2 Å². The molecular weight excluding hydrogens is 625 g/mol. The summed E-state index contributed by atoms with van der Waals surface area (Å²) in [4.78, 5) is 0. The van der Waals surface area contributed by atoms with Gasteiger partial charge in [0.15, 0.2) is 0 Å². The molecule has 0 nitrogen and oxygen atoms in total. The van der Waals surface area contributed by atoms with E-state index in [4.69, 9.17) is 0 Å². The van der Waals surface area contributed by atoms with Crippen LogP contribution in [0.4, 0.5) is 0 Å². The van der Waals surface area contributed by atoms with Crippen LogP contribution in [0.3, 0.4) is 0 Å². The number of hydrogen-bond acceptors (Lipinski definition) is 0. The van der Waals surface area contributed by atoms with Crippen LogP contribution in [0.15, 0.2) is 158 Å². The summed E-state index contributed by atoms with van der Waals surface area (Å²) in [6, 6.07) is 60.1. The van der Waals surface area contributed by atoms with Crippen molar-refractivity contribution >= 4 is 32.3 Å². The fourth-order valence-corrected chi connectivity index (χ4v) is 12.3. The highest BCUT2D eigenvalue weighted by atomic mass is 14.6. The van der Waals surface area contributed by atoms with Crippen molar-refractivity contribution in [2.24, 2.45) is 23.7 Å². The predicted octanol–water partition coefficient (Wildman–Crippen LogP) is 13.9. The van der Waals surface area contributed by atoms with Gasteiger partial charge in [0.1, 0.15) is 0 Å². The molecule has 13 rings (SSSR count). The van der Waals surface area contributed by atoms with Crippen LogP contribution in [0, 0.1) is 23.7 Å². The summed E-state index contributed by atoms with van der Waals surface area (Å²) < 4.78 is 0. The lowest BCUT2D eigenvalue weighted by molar-refractivity contribution is -0.0399. The zero-order chi connectivity index (χ0) is 34.0. The van der Waals surface area contributed by atoms with E-state index in [0.717, 1.165) is 23.7 Å². The van der Waals surface area contributed by atoms with Crippen molar-refractivity contribution in [2.75, 3.05) is 0 Å². The zero-order valence-corrected chi connectivity index (χ0v) is 29.4. The van der Waals surface area contributed by atoms with E-state index in [1.165, 1.54) is 109 Å². The quantitative estimate of drug-likeness (QED) is 0.165. The number of rotatable bonds is 3. The second kappa shape index (κ2) is 10.8. The summed E-state index contributed by atoms with van der Waals surface area (Å²) in [5.41, 5.74) is 14.2. The molecule has 8 aromatic carbocycles. The molecule has 0 atom stereocenters. The summed E-state index contributed by atoms with van der Waals surface area (Å²) in [5.74, 6) is 3.40. The van der Waals surface area contributed by atoms with Gasteiger partial charge < -0.3 is 0 Å². The minimum Gasteiger partial charge on any atom is -0.0619 e. The second-order valence-electron chi connectivity index (χ2n) is 16.5. The van der Waals surface area contributed by atoms with Gasteiger partial charge in [0.05, 0.1) is 0 Å². The molecule has 0 radical (unpaired) electrons. The molecule has 248 valence electrons. The van der Waals surface area contributed by atoms with Crippen molar-refractivity contribution in [1.29, 1.82) is 0 Å². The Bertz CT molecular complexity index is 2660. The smallest absolute Gasteiger partial charge is 0.0272 e. The maximum absolute atomic E-state index is 2.67. The van der Waals surface area contributed by atoms with Crippen molar-refractivity contribution in [3.8, 4) is 44.5 Å². The zero-order valence-electron chi connectivity index (χ0n) is 29.4. The van der Waals surface area contributed by atoms with Crippen LogP contribution in [-0.2, 0) is 5.41 Å². The Balaban J connectivity index is 1.04. The maximum Gasteiger partial charge on any atom is 0.0272 e. The molecule has 4 saturated carbocycles. The molecule has 5 aliphatic carbocycles. The summed E-state index contributed by atoms with van der Waals surface area (Å²) in [6.45, 7) is 0. The molecule has 0 heterocycles. The minimum absolute atomic E-state index is 0.160. The fraction of sp³-hybridized carbons (Fsp3) is 0.192. The lowest BCUT2D eigenvalue weighted by atomic mass is 9.43. The Kier molecular flexibility index (Phi) is 6.04. The molecule has 1 spiro atoms. The van der Waals surface area contributed by atoms with Gasteiger partial charge in [-0.1, -0.05) is 146 Å². The Hall–Kier alpha value is -5.46. The fourth-order valence-electron chi connectivity index (χ4n) is 12.3. The van der Waals surface area contributed by atoms with Crippen LogP contribution < -0.4 is 0 Å². The molecule has 0 aliphatic heterocycles. The van der Waals surface area contributed by atoms with E-state index in [1.54, 1.807) is 11.1 Å². The van der Waals surface area contributed by atoms with E-state index < -0.39 is 0 Å². The molecule has 0 N–H and O–H groups in total. The highest BCUT2D eigenvalue weighted by Gasteiger charge is 2.61. The topological polar surface area (TPSA) is 0 Å². The van der Waals surface area contributed by atoms with Gasteiger partial charge in [-0.2, -0.15) is 0 Å². The van der Waals surface area contributed by atoms with Gasteiger partial charge >= 0.3 is 0 Å². The van der Waals surface area contributed by atoms with Crippen molar-refractivity contribution in [1.82, 2.24) is 0 Å². The normalized spacial score (nSPS) is 23.8. The van der Waals surface area contributed by atoms with Crippen molar-refractivity contribution in [3.05, 3.63) is 169 Å². The van der Waals surface area contributed by atoms with Gasteiger partial charge in [0.2, 0.25) is 0 Å². The monoisotopic (exact) mass is 664 g/mol.